The highest BCUT2D eigenvalue weighted by Gasteiger charge is 2.56. The standard InChI is InChI=1S/C26H21ClFN3O5S2/c27-15-3-7-17(8-4-15)31-23(33)20-19(14-1-5-16(28)6-2-14)22-25(37-21(20)24(31)34)30(26(35)38-22)13-18(32)29-9-11-36-12-10-29/h1-8,19-21H,9-13H2/t19-,20?,21?/m1/s1. The van der Waals surface area contributed by atoms with Crippen LogP contribution in [0.1, 0.15) is 16.4 Å². The second kappa shape index (κ2) is 9.96. The van der Waals surface area contributed by atoms with Crippen LogP contribution in [0.25, 0.3) is 0 Å². The monoisotopic (exact) mass is 573 g/mol. The number of hydrogen-bond acceptors (Lipinski definition) is 7. The van der Waals surface area contributed by atoms with Gasteiger partial charge in [0.05, 0.1) is 29.8 Å². The van der Waals surface area contributed by atoms with E-state index in [9.17, 15) is 23.6 Å². The number of imide groups is 1. The summed E-state index contributed by atoms with van der Waals surface area (Å²) in [5.74, 6) is -2.91. The van der Waals surface area contributed by atoms with E-state index in [0.29, 0.717) is 52.5 Å². The van der Waals surface area contributed by atoms with Crippen LogP contribution in [0.15, 0.2) is 58.4 Å². The Morgan fingerprint density at radius 3 is 2.37 bits per heavy atom. The van der Waals surface area contributed by atoms with Crippen LogP contribution in [0.5, 0.6) is 0 Å². The average Bonchev–Trinajstić information content (AvgIpc) is 3.36. The number of hydrogen-bond donors (Lipinski definition) is 0. The molecule has 2 fully saturated rings. The number of thioether (sulfide) groups is 1. The Hall–Kier alpha value is -2.99. The number of thiazole rings is 1. The molecule has 2 unspecified atom stereocenters. The molecule has 2 saturated heterocycles. The first-order valence-electron chi connectivity index (χ1n) is 12.0. The van der Waals surface area contributed by atoms with Crippen molar-refractivity contribution in [3.05, 3.63) is 79.5 Å². The third kappa shape index (κ3) is 4.27. The zero-order valence-electron chi connectivity index (χ0n) is 19.8. The maximum atomic E-state index is 13.8. The van der Waals surface area contributed by atoms with E-state index in [2.05, 4.69) is 0 Å². The van der Waals surface area contributed by atoms with Crippen molar-refractivity contribution in [1.82, 2.24) is 9.47 Å². The maximum Gasteiger partial charge on any atom is 0.308 e. The van der Waals surface area contributed by atoms with E-state index < -0.39 is 34.7 Å². The molecule has 3 amide bonds. The summed E-state index contributed by atoms with van der Waals surface area (Å²) >= 11 is 8.12. The van der Waals surface area contributed by atoms with Gasteiger partial charge in [-0.05, 0) is 42.0 Å². The van der Waals surface area contributed by atoms with E-state index in [4.69, 9.17) is 16.3 Å². The van der Waals surface area contributed by atoms with Gasteiger partial charge in [0.2, 0.25) is 17.7 Å². The lowest BCUT2D eigenvalue weighted by atomic mass is 9.83. The summed E-state index contributed by atoms with van der Waals surface area (Å²) in [5.41, 5.74) is 1.02. The lowest BCUT2D eigenvalue weighted by Gasteiger charge is -2.31. The normalized spacial score (nSPS) is 22.9. The smallest absolute Gasteiger partial charge is 0.308 e. The van der Waals surface area contributed by atoms with Gasteiger partial charge in [0.15, 0.2) is 0 Å². The Morgan fingerprint density at radius 1 is 1.00 bits per heavy atom. The highest BCUT2D eigenvalue weighted by molar-refractivity contribution is 8.00. The molecule has 2 aromatic carbocycles. The molecule has 1 aromatic heterocycles. The summed E-state index contributed by atoms with van der Waals surface area (Å²) in [6.45, 7) is 1.58. The first-order valence-corrected chi connectivity index (χ1v) is 14.1. The molecular formula is C26H21ClFN3O5S2. The molecule has 0 spiro atoms. The summed E-state index contributed by atoms with van der Waals surface area (Å²) in [5, 5.41) is 0.149. The van der Waals surface area contributed by atoms with Crippen LogP contribution in [0.2, 0.25) is 5.02 Å². The van der Waals surface area contributed by atoms with E-state index in [1.807, 2.05) is 0 Å². The van der Waals surface area contributed by atoms with E-state index in [-0.39, 0.29) is 17.3 Å². The zero-order valence-corrected chi connectivity index (χ0v) is 22.2. The van der Waals surface area contributed by atoms with Crippen molar-refractivity contribution in [1.29, 1.82) is 0 Å². The molecule has 0 N–H and O–H groups in total. The summed E-state index contributed by atoms with van der Waals surface area (Å²) in [6.07, 6.45) is 0. The fraction of sp³-hybridized carbons (Fsp3) is 0.308. The lowest BCUT2D eigenvalue weighted by Crippen LogP contribution is -2.43. The molecule has 196 valence electrons. The Bertz CT molecular complexity index is 1480. The van der Waals surface area contributed by atoms with Crippen molar-refractivity contribution >= 4 is 58.1 Å². The summed E-state index contributed by atoms with van der Waals surface area (Å²) in [6, 6.07) is 12.2. The quantitative estimate of drug-likeness (QED) is 0.445. The second-order valence-electron chi connectivity index (χ2n) is 9.20. The van der Waals surface area contributed by atoms with Crippen LogP contribution in [-0.2, 0) is 25.7 Å². The van der Waals surface area contributed by atoms with Crippen molar-refractivity contribution < 1.29 is 23.5 Å². The molecule has 38 heavy (non-hydrogen) atoms. The fourth-order valence-electron chi connectivity index (χ4n) is 5.18. The summed E-state index contributed by atoms with van der Waals surface area (Å²) in [4.78, 5) is 56.8. The molecule has 12 heteroatoms. The second-order valence-corrected chi connectivity index (χ2v) is 11.8. The highest BCUT2D eigenvalue weighted by atomic mass is 35.5. The van der Waals surface area contributed by atoms with Crippen LogP contribution < -0.4 is 9.77 Å². The Labute approximate surface area is 229 Å². The van der Waals surface area contributed by atoms with Gasteiger partial charge in [0.25, 0.3) is 0 Å². The van der Waals surface area contributed by atoms with Crippen molar-refractivity contribution in [3.63, 3.8) is 0 Å². The van der Waals surface area contributed by atoms with Gasteiger partial charge in [0.1, 0.15) is 17.6 Å². The fourth-order valence-corrected chi connectivity index (χ4v) is 8.08. The number of aromatic nitrogens is 1. The molecule has 3 aliphatic rings. The number of nitrogens with zero attached hydrogens (tertiary/aromatic N) is 3. The lowest BCUT2D eigenvalue weighted by molar-refractivity contribution is -0.136. The van der Waals surface area contributed by atoms with Crippen molar-refractivity contribution in [2.24, 2.45) is 5.92 Å². The molecule has 8 nitrogen and oxygen atoms in total. The molecule has 6 rings (SSSR count). The minimum Gasteiger partial charge on any atom is -0.378 e. The molecular weight excluding hydrogens is 553 g/mol. The van der Waals surface area contributed by atoms with Gasteiger partial charge in [-0.25, -0.2) is 9.29 Å². The third-order valence-electron chi connectivity index (χ3n) is 7.02. The first kappa shape index (κ1) is 25.3. The number of amides is 3. The largest absolute Gasteiger partial charge is 0.378 e. The van der Waals surface area contributed by atoms with Crippen LogP contribution >= 0.6 is 34.7 Å². The van der Waals surface area contributed by atoms with Gasteiger partial charge >= 0.3 is 4.87 Å². The van der Waals surface area contributed by atoms with Crippen LogP contribution in [0, 0.1) is 11.7 Å². The van der Waals surface area contributed by atoms with Gasteiger partial charge in [0, 0.05) is 28.9 Å². The minimum absolute atomic E-state index is 0.172. The van der Waals surface area contributed by atoms with E-state index in [1.165, 1.54) is 16.7 Å². The number of ether oxygens (including phenoxy) is 1. The third-order valence-corrected chi connectivity index (χ3v) is 9.88. The number of rotatable bonds is 4. The highest BCUT2D eigenvalue weighted by Crippen LogP contribution is 2.53. The molecule has 3 atom stereocenters. The predicted molar refractivity (Wildman–Crippen MR) is 141 cm³/mol. The topological polar surface area (TPSA) is 88.9 Å². The maximum absolute atomic E-state index is 13.8. The van der Waals surface area contributed by atoms with Gasteiger partial charge in [-0.2, -0.15) is 0 Å². The van der Waals surface area contributed by atoms with E-state index in [0.717, 1.165) is 28.0 Å². The van der Waals surface area contributed by atoms with E-state index in [1.54, 1.807) is 41.3 Å². The SMILES string of the molecule is O=C(Cn1c2c(sc1=O)[C@H](c1ccc(F)cc1)C1C(=O)N(c3ccc(Cl)cc3)C(=O)C1S2)N1CCOCC1. The zero-order chi connectivity index (χ0) is 26.6. The number of carbonyl (C=O) groups is 3. The molecule has 0 aliphatic carbocycles. The van der Waals surface area contributed by atoms with Gasteiger partial charge in [-0.1, -0.05) is 46.8 Å². The van der Waals surface area contributed by atoms with Crippen molar-refractivity contribution in [2.75, 3.05) is 31.2 Å². The summed E-state index contributed by atoms with van der Waals surface area (Å²) < 4.78 is 20.5. The van der Waals surface area contributed by atoms with Crippen molar-refractivity contribution in [2.45, 2.75) is 22.7 Å². The number of fused-ring (bicyclic) bond motifs is 2. The molecule has 0 bridgehead atoms. The first-order chi connectivity index (χ1) is 18.3. The van der Waals surface area contributed by atoms with E-state index >= 15 is 0 Å². The molecule has 0 saturated carbocycles. The number of carbonyl (C=O) groups excluding carboxylic acids is 3. The summed E-state index contributed by atoms with van der Waals surface area (Å²) in [7, 11) is 0. The van der Waals surface area contributed by atoms with Gasteiger partial charge in [-0.3, -0.25) is 23.7 Å². The average molecular weight is 574 g/mol. The number of halogens is 2. The van der Waals surface area contributed by atoms with Crippen molar-refractivity contribution in [3.8, 4) is 0 Å². The Kier molecular flexibility index (Phi) is 6.63. The predicted octanol–water partition coefficient (Wildman–Crippen LogP) is 3.36. The number of benzene rings is 2. The molecule has 3 aliphatic heterocycles. The van der Waals surface area contributed by atoms with Crippen LogP contribution in [-0.4, -0.2) is 58.7 Å². The Morgan fingerprint density at radius 2 is 1.68 bits per heavy atom. The minimum atomic E-state index is -0.820. The number of morpholine rings is 1. The van der Waals surface area contributed by atoms with Crippen LogP contribution in [0.4, 0.5) is 10.1 Å². The molecule has 3 aromatic rings. The van der Waals surface area contributed by atoms with Crippen LogP contribution in [0.3, 0.4) is 0 Å². The van der Waals surface area contributed by atoms with Gasteiger partial charge < -0.3 is 9.64 Å². The van der Waals surface area contributed by atoms with Gasteiger partial charge in [-0.15, -0.1) is 0 Å². The molecule has 4 heterocycles. The molecule has 0 radical (unpaired) electrons. The number of anilines is 1. The Balaban J connectivity index is 1.43.